The van der Waals surface area contributed by atoms with Crippen molar-refractivity contribution in [1.29, 1.82) is 0 Å². The predicted octanol–water partition coefficient (Wildman–Crippen LogP) is 2.13. The Morgan fingerprint density at radius 1 is 1.30 bits per heavy atom. The summed E-state index contributed by atoms with van der Waals surface area (Å²) in [4.78, 5) is 12.1. The zero-order valence-corrected chi connectivity index (χ0v) is 11.4. The molecule has 0 spiro atoms. The summed E-state index contributed by atoms with van der Waals surface area (Å²) < 4.78 is 13.0. The number of hydrogen-bond acceptors (Lipinski definition) is 2. The summed E-state index contributed by atoms with van der Waals surface area (Å²) in [7, 11) is 0. The minimum atomic E-state index is -0.490. The largest absolute Gasteiger partial charge is 0.392 e. The van der Waals surface area contributed by atoms with E-state index in [4.69, 9.17) is 0 Å². The van der Waals surface area contributed by atoms with Gasteiger partial charge in [-0.25, -0.2) is 4.39 Å². The van der Waals surface area contributed by atoms with Crippen LogP contribution < -0.4 is 5.32 Å². The lowest BCUT2D eigenvalue weighted by atomic mass is 9.95. The van der Waals surface area contributed by atoms with E-state index in [0.29, 0.717) is 6.54 Å². The highest BCUT2D eigenvalue weighted by Crippen LogP contribution is 2.47. The van der Waals surface area contributed by atoms with Gasteiger partial charge >= 0.3 is 0 Å². The summed E-state index contributed by atoms with van der Waals surface area (Å²) in [6, 6.07) is 6.55. The lowest BCUT2D eigenvalue weighted by Crippen LogP contribution is -2.39. The van der Waals surface area contributed by atoms with Gasteiger partial charge in [0.05, 0.1) is 12.0 Å². The van der Waals surface area contributed by atoms with Gasteiger partial charge in [0, 0.05) is 12.0 Å². The molecule has 4 heteroatoms. The first-order chi connectivity index (χ1) is 9.61. The number of halogens is 1. The van der Waals surface area contributed by atoms with Crippen LogP contribution in [0.3, 0.4) is 0 Å². The van der Waals surface area contributed by atoms with Crippen molar-refractivity contribution in [2.75, 3.05) is 6.54 Å². The van der Waals surface area contributed by atoms with E-state index >= 15 is 0 Å². The number of rotatable bonds is 4. The molecule has 1 aromatic carbocycles. The Labute approximate surface area is 118 Å². The molecule has 2 N–H and O–H groups in total. The van der Waals surface area contributed by atoms with E-state index in [1.807, 2.05) is 0 Å². The summed E-state index contributed by atoms with van der Waals surface area (Å²) in [6.45, 7) is 0.584. The molecule has 0 saturated heterocycles. The van der Waals surface area contributed by atoms with Crippen molar-refractivity contribution in [1.82, 2.24) is 5.32 Å². The van der Waals surface area contributed by atoms with E-state index in [2.05, 4.69) is 5.32 Å². The van der Waals surface area contributed by atoms with Gasteiger partial charge in [0.1, 0.15) is 5.82 Å². The van der Waals surface area contributed by atoms with E-state index in [1.165, 1.54) is 12.1 Å². The molecular formula is C16H20FNO2. The Bertz CT molecular complexity index is 496. The number of aliphatic hydroxyl groups is 1. The normalized spacial score (nSPS) is 27.3. The van der Waals surface area contributed by atoms with Crippen LogP contribution in [0.2, 0.25) is 0 Å². The highest BCUT2D eigenvalue weighted by molar-refractivity contribution is 5.79. The van der Waals surface area contributed by atoms with Crippen LogP contribution >= 0.6 is 0 Å². The van der Waals surface area contributed by atoms with Gasteiger partial charge in [-0.3, -0.25) is 4.79 Å². The Morgan fingerprint density at radius 3 is 2.55 bits per heavy atom. The molecule has 2 fully saturated rings. The van der Waals surface area contributed by atoms with E-state index in [9.17, 15) is 14.3 Å². The van der Waals surface area contributed by atoms with Crippen LogP contribution in [0.15, 0.2) is 24.3 Å². The number of amides is 1. The fourth-order valence-electron chi connectivity index (χ4n) is 3.16. The maximum Gasteiger partial charge on any atom is 0.225 e. The van der Waals surface area contributed by atoms with Crippen molar-refractivity contribution in [2.45, 2.75) is 43.6 Å². The van der Waals surface area contributed by atoms with Gasteiger partial charge in [-0.05, 0) is 49.8 Å². The molecule has 20 heavy (non-hydrogen) atoms. The van der Waals surface area contributed by atoms with Gasteiger partial charge in [0.25, 0.3) is 0 Å². The van der Waals surface area contributed by atoms with Crippen LogP contribution in [0.1, 0.15) is 37.7 Å². The zero-order chi connectivity index (χ0) is 14.2. The molecule has 0 heterocycles. The molecule has 2 unspecified atom stereocenters. The molecule has 0 bridgehead atoms. The van der Waals surface area contributed by atoms with Crippen molar-refractivity contribution in [2.24, 2.45) is 5.92 Å². The quantitative estimate of drug-likeness (QED) is 0.886. The molecule has 2 saturated carbocycles. The minimum Gasteiger partial charge on any atom is -0.392 e. The smallest absolute Gasteiger partial charge is 0.225 e. The number of hydrogen-bond donors (Lipinski definition) is 2. The first-order valence-corrected chi connectivity index (χ1v) is 7.33. The second-order valence-electron chi connectivity index (χ2n) is 6.11. The standard InChI is InChI=1S/C16H20FNO2/c17-12-6-4-11(5-7-12)16(8-9-16)10-18-15(20)13-2-1-3-14(13)19/h4-7,13-14,19H,1-3,8-10H2,(H,18,20). The molecule has 3 rings (SSSR count). The molecule has 3 nitrogen and oxygen atoms in total. The van der Waals surface area contributed by atoms with Crippen molar-refractivity contribution < 1.29 is 14.3 Å². The van der Waals surface area contributed by atoms with E-state index in [1.54, 1.807) is 12.1 Å². The predicted molar refractivity (Wildman–Crippen MR) is 73.7 cm³/mol. The van der Waals surface area contributed by atoms with Crippen molar-refractivity contribution in [3.63, 3.8) is 0 Å². The van der Waals surface area contributed by atoms with E-state index in [0.717, 1.165) is 37.7 Å². The number of aliphatic hydroxyl groups excluding tert-OH is 1. The van der Waals surface area contributed by atoms with Crippen LogP contribution in [-0.2, 0) is 10.2 Å². The SMILES string of the molecule is O=C(NCC1(c2ccc(F)cc2)CC1)C1CCCC1O. The third kappa shape index (κ3) is 2.57. The third-order valence-electron chi connectivity index (χ3n) is 4.73. The Balaban J connectivity index is 1.60. The van der Waals surface area contributed by atoms with Gasteiger partial charge in [-0.15, -0.1) is 0 Å². The van der Waals surface area contributed by atoms with Crippen molar-refractivity contribution in [3.8, 4) is 0 Å². The highest BCUT2D eigenvalue weighted by atomic mass is 19.1. The fourth-order valence-corrected chi connectivity index (χ4v) is 3.16. The van der Waals surface area contributed by atoms with Crippen molar-refractivity contribution in [3.05, 3.63) is 35.6 Å². The zero-order valence-electron chi connectivity index (χ0n) is 11.4. The van der Waals surface area contributed by atoms with Gasteiger partial charge in [-0.1, -0.05) is 12.1 Å². The number of benzene rings is 1. The average Bonchev–Trinajstić information content (AvgIpc) is 3.11. The first-order valence-electron chi connectivity index (χ1n) is 7.33. The monoisotopic (exact) mass is 277 g/mol. The molecular weight excluding hydrogens is 257 g/mol. The summed E-state index contributed by atoms with van der Waals surface area (Å²) in [5.41, 5.74) is 1.07. The second-order valence-corrected chi connectivity index (χ2v) is 6.11. The molecule has 2 aliphatic carbocycles. The summed E-state index contributed by atoms with van der Waals surface area (Å²) in [6.07, 6.45) is 3.97. The van der Waals surface area contributed by atoms with Crippen LogP contribution in [0.5, 0.6) is 0 Å². The fraction of sp³-hybridized carbons (Fsp3) is 0.562. The maximum atomic E-state index is 13.0. The minimum absolute atomic E-state index is 0.0209. The van der Waals surface area contributed by atoms with Crippen molar-refractivity contribution >= 4 is 5.91 Å². The highest BCUT2D eigenvalue weighted by Gasteiger charge is 2.45. The molecule has 108 valence electrons. The van der Waals surface area contributed by atoms with Crippen LogP contribution in [0, 0.1) is 11.7 Å². The van der Waals surface area contributed by atoms with E-state index < -0.39 is 6.10 Å². The van der Waals surface area contributed by atoms with Crippen LogP contribution in [0.25, 0.3) is 0 Å². The Kier molecular flexibility index (Phi) is 3.50. The molecule has 2 aliphatic rings. The Morgan fingerprint density at radius 2 is 2.00 bits per heavy atom. The molecule has 0 radical (unpaired) electrons. The maximum absolute atomic E-state index is 13.0. The first kappa shape index (κ1) is 13.6. The van der Waals surface area contributed by atoms with Gasteiger partial charge in [0.15, 0.2) is 0 Å². The molecule has 1 aromatic rings. The van der Waals surface area contributed by atoms with Crippen LogP contribution in [-0.4, -0.2) is 23.7 Å². The second kappa shape index (κ2) is 5.17. The lowest BCUT2D eigenvalue weighted by molar-refractivity contribution is -0.127. The summed E-state index contributed by atoms with van der Waals surface area (Å²) >= 11 is 0. The van der Waals surface area contributed by atoms with Gasteiger partial charge in [0.2, 0.25) is 5.91 Å². The Hall–Kier alpha value is -1.42. The topological polar surface area (TPSA) is 49.3 Å². The van der Waals surface area contributed by atoms with Crippen LogP contribution in [0.4, 0.5) is 4.39 Å². The third-order valence-corrected chi connectivity index (χ3v) is 4.73. The van der Waals surface area contributed by atoms with Gasteiger partial charge in [-0.2, -0.15) is 0 Å². The molecule has 2 atom stereocenters. The molecule has 1 amide bonds. The number of carbonyl (C=O) groups is 1. The lowest BCUT2D eigenvalue weighted by Gasteiger charge is -2.19. The molecule has 0 aromatic heterocycles. The molecule has 0 aliphatic heterocycles. The van der Waals surface area contributed by atoms with Gasteiger partial charge < -0.3 is 10.4 Å². The number of nitrogens with one attached hydrogen (secondary N) is 1. The van der Waals surface area contributed by atoms with E-state index in [-0.39, 0.29) is 23.1 Å². The summed E-state index contributed by atoms with van der Waals surface area (Å²) in [5, 5.41) is 12.7. The number of carbonyl (C=O) groups excluding carboxylic acids is 1. The summed E-state index contributed by atoms with van der Waals surface area (Å²) in [5.74, 6) is -0.523. The average molecular weight is 277 g/mol.